The van der Waals surface area contributed by atoms with E-state index in [1.165, 1.54) is 0 Å². The number of rotatable bonds is 3. The van der Waals surface area contributed by atoms with Crippen LogP contribution in [0, 0.1) is 0 Å². The van der Waals surface area contributed by atoms with Crippen LogP contribution >= 0.6 is 0 Å². The van der Waals surface area contributed by atoms with Crippen molar-refractivity contribution in [2.24, 2.45) is 5.14 Å². The van der Waals surface area contributed by atoms with Gasteiger partial charge in [0.05, 0.1) is 5.69 Å². The fourth-order valence-corrected chi connectivity index (χ4v) is 2.31. The van der Waals surface area contributed by atoms with Crippen LogP contribution < -0.4 is 5.14 Å². The molecule has 0 saturated heterocycles. The van der Waals surface area contributed by atoms with Crippen molar-refractivity contribution < 1.29 is 18.3 Å². The number of aromatic nitrogens is 4. The first-order chi connectivity index (χ1) is 10.4. The van der Waals surface area contributed by atoms with Gasteiger partial charge in [0, 0.05) is 11.8 Å². The Hall–Kier alpha value is -2.85. The molecule has 0 unspecified atom stereocenters. The van der Waals surface area contributed by atoms with Gasteiger partial charge in [0.25, 0.3) is 21.0 Å². The van der Waals surface area contributed by atoms with Crippen LogP contribution in [0.4, 0.5) is 0 Å². The van der Waals surface area contributed by atoms with Gasteiger partial charge >= 0.3 is 5.97 Å². The van der Waals surface area contributed by atoms with E-state index in [2.05, 4.69) is 15.1 Å². The minimum absolute atomic E-state index is 0.0621. The first-order valence-electron chi connectivity index (χ1n) is 5.95. The highest BCUT2D eigenvalue weighted by Crippen LogP contribution is 2.22. The molecule has 0 saturated carbocycles. The molecule has 2 heterocycles. The van der Waals surface area contributed by atoms with Crippen molar-refractivity contribution in [1.82, 2.24) is 19.6 Å². The van der Waals surface area contributed by atoms with Crippen molar-refractivity contribution in [1.29, 1.82) is 0 Å². The van der Waals surface area contributed by atoms with E-state index in [1.54, 1.807) is 30.3 Å². The summed E-state index contributed by atoms with van der Waals surface area (Å²) in [7, 11) is -4.11. The molecule has 0 aliphatic rings. The summed E-state index contributed by atoms with van der Waals surface area (Å²) in [5.41, 5.74) is 0.584. The van der Waals surface area contributed by atoms with Crippen LogP contribution in [0.1, 0.15) is 10.4 Å². The van der Waals surface area contributed by atoms with Gasteiger partial charge in [-0.25, -0.2) is 27.9 Å². The zero-order chi connectivity index (χ0) is 15.9. The Kier molecular flexibility index (Phi) is 3.11. The van der Waals surface area contributed by atoms with E-state index < -0.39 is 21.1 Å². The molecule has 0 radical (unpaired) electrons. The Morgan fingerprint density at radius 2 is 1.86 bits per heavy atom. The number of hydrogen-bond donors (Lipinski definition) is 2. The lowest BCUT2D eigenvalue weighted by Gasteiger charge is -2.05. The highest BCUT2D eigenvalue weighted by molar-refractivity contribution is 7.89. The highest BCUT2D eigenvalue weighted by atomic mass is 32.2. The maximum Gasteiger partial charge on any atom is 0.339 e. The summed E-state index contributed by atoms with van der Waals surface area (Å²) >= 11 is 0. The number of primary sulfonamides is 1. The molecule has 10 heteroatoms. The second kappa shape index (κ2) is 4.86. The van der Waals surface area contributed by atoms with Gasteiger partial charge in [-0.3, -0.25) is 0 Å². The maximum atomic E-state index is 11.4. The average Bonchev–Trinajstić information content (AvgIpc) is 2.90. The predicted octanol–water partition coefficient (Wildman–Crippen LogP) is 0.137. The van der Waals surface area contributed by atoms with Crippen LogP contribution in [0.5, 0.6) is 0 Å². The maximum absolute atomic E-state index is 11.4. The topological polar surface area (TPSA) is 141 Å². The van der Waals surface area contributed by atoms with Crippen LogP contribution in [0.3, 0.4) is 0 Å². The Bertz CT molecular complexity index is 981. The molecule has 112 valence electrons. The Morgan fingerprint density at radius 3 is 2.45 bits per heavy atom. The Labute approximate surface area is 124 Å². The molecule has 2 aromatic heterocycles. The van der Waals surface area contributed by atoms with Crippen LogP contribution in [0.25, 0.3) is 17.0 Å². The fourth-order valence-electron chi connectivity index (χ4n) is 1.90. The smallest absolute Gasteiger partial charge is 0.339 e. The molecule has 3 aromatic rings. The van der Waals surface area contributed by atoms with Gasteiger partial charge in [-0.1, -0.05) is 30.3 Å². The number of nitrogens with two attached hydrogens (primary N) is 1. The third-order valence-corrected chi connectivity index (χ3v) is 3.53. The van der Waals surface area contributed by atoms with Crippen molar-refractivity contribution in [3.8, 4) is 11.3 Å². The lowest BCUT2D eigenvalue weighted by molar-refractivity contribution is 0.0696. The summed E-state index contributed by atoms with van der Waals surface area (Å²) in [6, 6.07) is 8.60. The van der Waals surface area contributed by atoms with E-state index in [0.29, 0.717) is 5.56 Å². The normalized spacial score (nSPS) is 11.7. The standard InChI is InChI=1S/C12H9N5O4S/c13-22(20,21)12-15-11-14-9(7-4-2-1-3-5-7)8(10(18)19)6-17(11)16-12/h1-6H,(H,18,19)(H2,13,20,21). The number of benzene rings is 1. The van der Waals surface area contributed by atoms with Crippen molar-refractivity contribution >= 4 is 21.8 Å². The zero-order valence-corrected chi connectivity index (χ0v) is 11.7. The van der Waals surface area contributed by atoms with Crippen LogP contribution in [0.15, 0.2) is 41.7 Å². The fraction of sp³-hybridized carbons (Fsp3) is 0. The summed E-state index contributed by atoms with van der Waals surface area (Å²) in [4.78, 5) is 19.2. The second-order valence-corrected chi connectivity index (χ2v) is 5.81. The molecule has 0 atom stereocenters. The van der Waals surface area contributed by atoms with Gasteiger partial charge in [0.15, 0.2) is 0 Å². The number of nitrogens with zero attached hydrogens (tertiary/aromatic N) is 4. The third kappa shape index (κ3) is 2.40. The Balaban J connectivity index is 2.32. The first-order valence-corrected chi connectivity index (χ1v) is 7.50. The first kappa shape index (κ1) is 14.1. The summed E-state index contributed by atoms with van der Waals surface area (Å²) < 4.78 is 23.5. The van der Waals surface area contributed by atoms with E-state index in [0.717, 1.165) is 10.7 Å². The van der Waals surface area contributed by atoms with Gasteiger partial charge in [0.2, 0.25) is 0 Å². The molecule has 0 spiro atoms. The highest BCUT2D eigenvalue weighted by Gasteiger charge is 2.20. The lowest BCUT2D eigenvalue weighted by atomic mass is 10.1. The number of sulfonamides is 1. The van der Waals surface area contributed by atoms with E-state index in [1.807, 2.05) is 0 Å². The van der Waals surface area contributed by atoms with Gasteiger partial charge in [-0.05, 0) is 0 Å². The van der Waals surface area contributed by atoms with Crippen molar-refractivity contribution in [3.63, 3.8) is 0 Å². The van der Waals surface area contributed by atoms with Gasteiger partial charge in [-0.2, -0.15) is 4.98 Å². The average molecular weight is 319 g/mol. The molecule has 1 aromatic carbocycles. The number of aromatic carboxylic acids is 1. The van der Waals surface area contributed by atoms with Crippen molar-refractivity contribution in [2.45, 2.75) is 5.16 Å². The minimum Gasteiger partial charge on any atom is -0.478 e. The number of fused-ring (bicyclic) bond motifs is 1. The van der Waals surface area contributed by atoms with Gasteiger partial charge < -0.3 is 5.11 Å². The van der Waals surface area contributed by atoms with Crippen LogP contribution in [-0.4, -0.2) is 39.1 Å². The van der Waals surface area contributed by atoms with E-state index in [-0.39, 0.29) is 17.0 Å². The predicted molar refractivity (Wildman–Crippen MR) is 74.6 cm³/mol. The Morgan fingerprint density at radius 1 is 1.18 bits per heavy atom. The van der Waals surface area contributed by atoms with Gasteiger partial charge in [-0.15, -0.1) is 5.10 Å². The SMILES string of the molecule is NS(=O)(=O)c1nc2nc(-c3ccccc3)c(C(=O)O)cn2n1. The molecular weight excluding hydrogens is 310 g/mol. The summed E-state index contributed by atoms with van der Waals surface area (Å²) in [6.07, 6.45) is 1.15. The van der Waals surface area contributed by atoms with E-state index >= 15 is 0 Å². The largest absolute Gasteiger partial charge is 0.478 e. The molecule has 9 nitrogen and oxygen atoms in total. The molecule has 0 bridgehead atoms. The summed E-state index contributed by atoms with van der Waals surface area (Å²) in [5, 5.41) is 17.3. The van der Waals surface area contributed by atoms with Crippen molar-refractivity contribution in [2.75, 3.05) is 0 Å². The van der Waals surface area contributed by atoms with Crippen molar-refractivity contribution in [3.05, 3.63) is 42.1 Å². The molecule has 0 fully saturated rings. The number of carboxylic acids is 1. The third-order valence-electron chi connectivity index (χ3n) is 2.84. The summed E-state index contributed by atoms with van der Waals surface area (Å²) in [6.45, 7) is 0. The van der Waals surface area contributed by atoms with E-state index in [4.69, 9.17) is 5.14 Å². The van der Waals surface area contributed by atoms with Crippen LogP contribution in [-0.2, 0) is 10.0 Å². The molecule has 0 amide bonds. The second-order valence-electron chi connectivity index (χ2n) is 4.36. The monoisotopic (exact) mass is 319 g/mol. The van der Waals surface area contributed by atoms with E-state index in [9.17, 15) is 18.3 Å². The zero-order valence-electron chi connectivity index (χ0n) is 10.9. The molecule has 0 aliphatic carbocycles. The van der Waals surface area contributed by atoms with Gasteiger partial charge in [0.1, 0.15) is 5.56 Å². The number of carbonyl (C=O) groups is 1. The molecule has 3 rings (SSSR count). The summed E-state index contributed by atoms with van der Waals surface area (Å²) in [5.74, 6) is -1.28. The number of hydrogen-bond acceptors (Lipinski definition) is 6. The molecule has 22 heavy (non-hydrogen) atoms. The number of carboxylic acid groups (broad SMARTS) is 1. The quantitative estimate of drug-likeness (QED) is 0.699. The molecule has 3 N–H and O–H groups in total. The lowest BCUT2D eigenvalue weighted by Crippen LogP contribution is -2.14. The van der Waals surface area contributed by atoms with Crippen LogP contribution in [0.2, 0.25) is 0 Å². The molecule has 0 aliphatic heterocycles. The minimum atomic E-state index is -4.11. The molecular formula is C12H9N5O4S.